The molecule has 2 heterocycles. The van der Waals surface area contributed by atoms with Gasteiger partial charge in [0.25, 0.3) is 0 Å². The Morgan fingerprint density at radius 1 is 1.59 bits per heavy atom. The summed E-state index contributed by atoms with van der Waals surface area (Å²) in [5, 5.41) is 0. The van der Waals surface area contributed by atoms with Crippen LogP contribution in [0.5, 0.6) is 0 Å². The molecule has 17 heavy (non-hydrogen) atoms. The summed E-state index contributed by atoms with van der Waals surface area (Å²) >= 11 is 3.48. The third kappa shape index (κ3) is 2.67. The van der Waals surface area contributed by atoms with Crippen LogP contribution in [0.4, 0.5) is 11.8 Å². The highest BCUT2D eigenvalue weighted by Crippen LogP contribution is 2.28. The van der Waals surface area contributed by atoms with E-state index in [4.69, 9.17) is 5.84 Å². The van der Waals surface area contributed by atoms with Gasteiger partial charge in [0.2, 0.25) is 5.95 Å². The number of hydrogen-bond acceptors (Lipinski definition) is 6. The van der Waals surface area contributed by atoms with E-state index in [0.717, 1.165) is 29.8 Å². The molecule has 1 aliphatic rings. The largest absolute Gasteiger partial charge is 0.354 e. The minimum Gasteiger partial charge on any atom is -0.354 e. The zero-order chi connectivity index (χ0) is 12.4. The molecule has 0 radical (unpaired) electrons. The molecule has 3 N–H and O–H groups in total. The van der Waals surface area contributed by atoms with E-state index in [1.807, 2.05) is 0 Å². The highest BCUT2D eigenvalue weighted by Gasteiger charge is 2.26. The zero-order valence-corrected chi connectivity index (χ0v) is 11.6. The van der Waals surface area contributed by atoms with E-state index >= 15 is 0 Å². The molecule has 0 aromatic carbocycles. The van der Waals surface area contributed by atoms with Gasteiger partial charge in [-0.2, -0.15) is 4.98 Å². The quantitative estimate of drug-likeness (QED) is 0.631. The number of halogens is 1. The monoisotopic (exact) mass is 300 g/mol. The van der Waals surface area contributed by atoms with E-state index in [2.05, 4.69) is 55.2 Å². The van der Waals surface area contributed by atoms with Crippen molar-refractivity contribution >= 4 is 27.7 Å². The van der Waals surface area contributed by atoms with Crippen LogP contribution in [0.3, 0.4) is 0 Å². The van der Waals surface area contributed by atoms with Gasteiger partial charge in [-0.15, -0.1) is 0 Å². The van der Waals surface area contributed by atoms with Crippen molar-refractivity contribution in [2.24, 2.45) is 5.84 Å². The van der Waals surface area contributed by atoms with Crippen molar-refractivity contribution in [1.82, 2.24) is 14.9 Å². The Kier molecular flexibility index (Phi) is 3.80. The molecule has 2 rings (SSSR count). The summed E-state index contributed by atoms with van der Waals surface area (Å²) in [5.41, 5.74) is 2.47. The smallest absolute Gasteiger partial charge is 0.239 e. The predicted octanol–water partition coefficient (Wildman–Crippen LogP) is 0.665. The van der Waals surface area contributed by atoms with Crippen LogP contribution in [0.15, 0.2) is 10.7 Å². The summed E-state index contributed by atoms with van der Waals surface area (Å²) in [7, 11) is 4.21. The molecule has 0 amide bonds. The predicted molar refractivity (Wildman–Crippen MR) is 71.8 cm³/mol. The molecule has 1 fully saturated rings. The molecule has 1 aliphatic heterocycles. The third-order valence-corrected chi connectivity index (χ3v) is 3.61. The van der Waals surface area contributed by atoms with Gasteiger partial charge in [0, 0.05) is 25.3 Å². The molecule has 1 atom stereocenters. The maximum absolute atomic E-state index is 5.33. The van der Waals surface area contributed by atoms with Gasteiger partial charge in [0.15, 0.2) is 0 Å². The lowest BCUT2D eigenvalue weighted by molar-refractivity contribution is 0.315. The molecule has 0 aliphatic carbocycles. The van der Waals surface area contributed by atoms with Crippen molar-refractivity contribution in [2.75, 3.05) is 37.5 Å². The summed E-state index contributed by atoms with van der Waals surface area (Å²) in [6, 6.07) is 0.575. The second kappa shape index (κ2) is 5.16. The standard InChI is InChI=1S/C10H17BrN6/c1-16(2)7-3-4-17(6-7)9-8(11)5-13-10(14-9)15-12/h5,7H,3-4,6,12H2,1-2H3,(H,13,14,15). The molecule has 1 aromatic heterocycles. The van der Waals surface area contributed by atoms with E-state index in [9.17, 15) is 0 Å². The number of nitrogens with two attached hydrogens (primary N) is 1. The Labute approximate surface area is 109 Å². The molecular weight excluding hydrogens is 284 g/mol. The lowest BCUT2D eigenvalue weighted by Crippen LogP contribution is -2.32. The lowest BCUT2D eigenvalue weighted by Gasteiger charge is -2.21. The fraction of sp³-hybridized carbons (Fsp3) is 0.600. The van der Waals surface area contributed by atoms with Crippen molar-refractivity contribution in [3.05, 3.63) is 10.7 Å². The number of rotatable bonds is 3. The Bertz CT molecular complexity index is 396. The number of nitrogens with zero attached hydrogens (tertiary/aromatic N) is 4. The van der Waals surface area contributed by atoms with Gasteiger partial charge >= 0.3 is 0 Å². The number of hydrazine groups is 1. The van der Waals surface area contributed by atoms with Gasteiger partial charge in [-0.3, -0.25) is 5.43 Å². The highest BCUT2D eigenvalue weighted by molar-refractivity contribution is 9.10. The van der Waals surface area contributed by atoms with Gasteiger partial charge in [-0.05, 0) is 36.4 Å². The van der Waals surface area contributed by atoms with Crippen LogP contribution in [0.2, 0.25) is 0 Å². The number of nitrogens with one attached hydrogen (secondary N) is 1. The summed E-state index contributed by atoms with van der Waals surface area (Å²) in [6.07, 6.45) is 2.87. The Balaban J connectivity index is 2.18. The molecular formula is C10H17BrN6. The topological polar surface area (TPSA) is 70.3 Å². The highest BCUT2D eigenvalue weighted by atomic mass is 79.9. The number of likely N-dealkylation sites (N-methyl/N-ethyl adjacent to an activating group) is 1. The maximum atomic E-state index is 5.33. The van der Waals surface area contributed by atoms with E-state index in [0.29, 0.717) is 12.0 Å². The number of anilines is 2. The Hall–Kier alpha value is -0.920. The zero-order valence-electron chi connectivity index (χ0n) is 10.0. The molecule has 7 heteroatoms. The second-order valence-electron chi connectivity index (χ2n) is 4.36. The second-order valence-corrected chi connectivity index (χ2v) is 5.22. The summed E-state index contributed by atoms with van der Waals surface area (Å²) in [5.74, 6) is 6.67. The molecule has 94 valence electrons. The first kappa shape index (κ1) is 12.5. The average Bonchev–Trinajstić information content (AvgIpc) is 2.79. The minimum absolute atomic E-state index is 0.441. The van der Waals surface area contributed by atoms with Crippen LogP contribution >= 0.6 is 15.9 Å². The SMILES string of the molecule is CN(C)C1CCN(c2nc(NN)ncc2Br)C1. The first-order chi connectivity index (χ1) is 8.11. The third-order valence-electron chi connectivity index (χ3n) is 3.05. The van der Waals surface area contributed by atoms with Gasteiger partial charge in [-0.1, -0.05) is 0 Å². The van der Waals surface area contributed by atoms with Crippen molar-refractivity contribution < 1.29 is 0 Å². The van der Waals surface area contributed by atoms with Crippen LogP contribution in [-0.4, -0.2) is 48.1 Å². The maximum Gasteiger partial charge on any atom is 0.239 e. The summed E-state index contributed by atoms with van der Waals surface area (Å²) in [6.45, 7) is 1.98. The molecule has 1 saturated heterocycles. The van der Waals surface area contributed by atoms with Crippen LogP contribution in [0.1, 0.15) is 6.42 Å². The van der Waals surface area contributed by atoms with Gasteiger partial charge < -0.3 is 9.80 Å². The summed E-state index contributed by atoms with van der Waals surface area (Å²) < 4.78 is 0.899. The van der Waals surface area contributed by atoms with Gasteiger partial charge in [0.05, 0.1) is 4.47 Å². The number of hydrogen-bond donors (Lipinski definition) is 2. The van der Waals surface area contributed by atoms with E-state index in [1.165, 1.54) is 0 Å². The average molecular weight is 301 g/mol. The number of aromatic nitrogens is 2. The fourth-order valence-electron chi connectivity index (χ4n) is 2.01. The first-order valence-corrected chi connectivity index (χ1v) is 6.31. The van der Waals surface area contributed by atoms with E-state index in [-0.39, 0.29) is 0 Å². The van der Waals surface area contributed by atoms with Gasteiger partial charge in [0.1, 0.15) is 5.82 Å². The van der Waals surface area contributed by atoms with Crippen molar-refractivity contribution in [2.45, 2.75) is 12.5 Å². The molecule has 0 saturated carbocycles. The fourth-order valence-corrected chi connectivity index (χ4v) is 2.45. The normalized spacial score (nSPS) is 20.1. The van der Waals surface area contributed by atoms with Gasteiger partial charge in [-0.25, -0.2) is 10.8 Å². The van der Waals surface area contributed by atoms with E-state index in [1.54, 1.807) is 6.20 Å². The Morgan fingerprint density at radius 3 is 2.94 bits per heavy atom. The minimum atomic E-state index is 0.441. The van der Waals surface area contributed by atoms with Crippen molar-refractivity contribution in [1.29, 1.82) is 0 Å². The first-order valence-electron chi connectivity index (χ1n) is 5.52. The van der Waals surface area contributed by atoms with Crippen LogP contribution in [0.25, 0.3) is 0 Å². The van der Waals surface area contributed by atoms with Crippen molar-refractivity contribution in [3.63, 3.8) is 0 Å². The molecule has 1 aromatic rings. The van der Waals surface area contributed by atoms with Crippen LogP contribution in [0, 0.1) is 0 Å². The lowest BCUT2D eigenvalue weighted by atomic mass is 10.2. The Morgan fingerprint density at radius 2 is 2.35 bits per heavy atom. The molecule has 6 nitrogen and oxygen atoms in total. The molecule has 0 spiro atoms. The van der Waals surface area contributed by atoms with Crippen LogP contribution in [-0.2, 0) is 0 Å². The van der Waals surface area contributed by atoms with E-state index < -0.39 is 0 Å². The number of nitrogen functional groups attached to an aromatic ring is 1. The molecule has 1 unspecified atom stereocenters. The summed E-state index contributed by atoms with van der Waals surface area (Å²) in [4.78, 5) is 12.9. The molecule has 0 bridgehead atoms. The van der Waals surface area contributed by atoms with Crippen molar-refractivity contribution in [3.8, 4) is 0 Å². The van der Waals surface area contributed by atoms with Crippen LogP contribution < -0.4 is 16.2 Å².